The number of rotatable bonds is 9. The third-order valence-electron chi connectivity index (χ3n) is 6.02. The number of nitrogens with one attached hydrogen (secondary N) is 1. The molecule has 1 aromatic rings. The van der Waals surface area contributed by atoms with Gasteiger partial charge >= 0.3 is 5.97 Å². The molecule has 2 aliphatic rings. The van der Waals surface area contributed by atoms with Gasteiger partial charge in [-0.05, 0) is 31.4 Å². The summed E-state index contributed by atoms with van der Waals surface area (Å²) in [5.74, 6) is -1.44. The van der Waals surface area contributed by atoms with E-state index in [2.05, 4.69) is 11.4 Å². The van der Waals surface area contributed by atoms with Gasteiger partial charge in [0.05, 0.1) is 37.6 Å². The third-order valence-corrected chi connectivity index (χ3v) is 6.02. The molecule has 1 aliphatic heterocycles. The molecule has 1 unspecified atom stereocenters. The van der Waals surface area contributed by atoms with Crippen molar-refractivity contribution in [3.63, 3.8) is 0 Å². The highest BCUT2D eigenvalue weighted by Gasteiger charge is 2.58. The summed E-state index contributed by atoms with van der Waals surface area (Å²) in [6, 6.07) is 9.27. The fourth-order valence-corrected chi connectivity index (χ4v) is 4.37. The molecule has 3 rings (SSSR count). The molecule has 1 heterocycles. The molecule has 0 bridgehead atoms. The Hall–Kier alpha value is -2.51. The van der Waals surface area contributed by atoms with Crippen LogP contribution in [0.1, 0.15) is 51.7 Å². The van der Waals surface area contributed by atoms with Crippen molar-refractivity contribution in [1.29, 1.82) is 5.26 Å². The zero-order valence-corrected chi connectivity index (χ0v) is 20.5. The first-order chi connectivity index (χ1) is 16.1. The number of hydrogen-bond acceptors (Lipinski definition) is 8. The van der Waals surface area contributed by atoms with E-state index in [1.807, 2.05) is 19.9 Å². The number of ether oxygens (including phenoxy) is 5. The molecular formula is C25H34N2O7. The molecule has 4 atom stereocenters. The standard InChI is InChI=1S/C25H34N2O7/c1-16(2)13-27-23(29)25(32-14-18-9-7-6-8-17(18)12-26)10-19(31-15-21(28)30-5)22-20(11-25)33-24(3,4)34-22/h6-9,16,19-20,22H,10-11,13-15H2,1-5H3,(H,27,29)/t19?,20-,22+,25-/m1/s1. The first kappa shape index (κ1) is 26.1. The molecular weight excluding hydrogens is 440 g/mol. The summed E-state index contributed by atoms with van der Waals surface area (Å²) in [4.78, 5) is 25.3. The smallest absolute Gasteiger partial charge is 0.331 e. The maximum Gasteiger partial charge on any atom is 0.331 e. The molecule has 9 heteroatoms. The minimum absolute atomic E-state index is 0.0597. The summed E-state index contributed by atoms with van der Waals surface area (Å²) in [5, 5.41) is 12.4. The van der Waals surface area contributed by atoms with Crippen LogP contribution in [0, 0.1) is 17.2 Å². The molecule has 0 spiro atoms. The first-order valence-electron chi connectivity index (χ1n) is 11.5. The van der Waals surface area contributed by atoms with Crippen LogP contribution in [0.3, 0.4) is 0 Å². The Balaban J connectivity index is 1.91. The number of nitrogens with zero attached hydrogens (tertiary/aromatic N) is 1. The predicted octanol–water partition coefficient (Wildman–Crippen LogP) is 2.46. The van der Waals surface area contributed by atoms with Crippen molar-refractivity contribution >= 4 is 11.9 Å². The van der Waals surface area contributed by atoms with Crippen LogP contribution in [0.4, 0.5) is 0 Å². The molecule has 1 saturated heterocycles. The first-order valence-corrected chi connectivity index (χ1v) is 11.5. The number of esters is 1. The lowest BCUT2D eigenvalue weighted by molar-refractivity contribution is -0.185. The van der Waals surface area contributed by atoms with Crippen molar-refractivity contribution < 1.29 is 33.3 Å². The molecule has 34 heavy (non-hydrogen) atoms. The van der Waals surface area contributed by atoms with E-state index in [0.717, 1.165) is 0 Å². The Bertz CT molecular complexity index is 926. The van der Waals surface area contributed by atoms with Gasteiger partial charge in [-0.1, -0.05) is 32.0 Å². The van der Waals surface area contributed by atoms with Gasteiger partial charge in [0, 0.05) is 19.4 Å². The lowest BCUT2D eigenvalue weighted by atomic mass is 9.78. The number of nitriles is 1. The number of carbonyl (C=O) groups excluding carboxylic acids is 2. The number of benzene rings is 1. The van der Waals surface area contributed by atoms with Gasteiger partial charge in [0.25, 0.3) is 5.91 Å². The average Bonchev–Trinajstić information content (AvgIpc) is 3.12. The average molecular weight is 475 g/mol. The molecule has 9 nitrogen and oxygen atoms in total. The van der Waals surface area contributed by atoms with Crippen molar-refractivity contribution in [2.75, 3.05) is 20.3 Å². The van der Waals surface area contributed by atoms with Crippen molar-refractivity contribution in [1.82, 2.24) is 5.32 Å². The highest BCUT2D eigenvalue weighted by Crippen LogP contribution is 2.44. The lowest BCUT2D eigenvalue weighted by Crippen LogP contribution is -2.60. The quantitative estimate of drug-likeness (QED) is 0.543. The SMILES string of the molecule is COC(=O)COC1C[C@](OCc2ccccc2C#N)(C(=O)NCC(C)C)C[C@H]2OC(C)(C)O[C@@H]12. The molecule has 0 radical (unpaired) electrons. The van der Waals surface area contributed by atoms with E-state index in [4.69, 9.17) is 23.7 Å². The Kier molecular flexibility index (Phi) is 8.31. The summed E-state index contributed by atoms with van der Waals surface area (Å²) >= 11 is 0. The van der Waals surface area contributed by atoms with Crippen LogP contribution in [-0.2, 0) is 39.9 Å². The second-order valence-corrected chi connectivity index (χ2v) is 9.63. The number of fused-ring (bicyclic) bond motifs is 1. The predicted molar refractivity (Wildman–Crippen MR) is 121 cm³/mol. The molecule has 186 valence electrons. The normalized spacial score (nSPS) is 27.6. The number of methoxy groups -OCH3 is 1. The monoisotopic (exact) mass is 474 g/mol. The van der Waals surface area contributed by atoms with Crippen molar-refractivity contribution in [2.24, 2.45) is 5.92 Å². The zero-order valence-electron chi connectivity index (χ0n) is 20.5. The van der Waals surface area contributed by atoms with Gasteiger partial charge in [0.15, 0.2) is 11.4 Å². The fraction of sp³-hybridized carbons (Fsp3) is 0.640. The van der Waals surface area contributed by atoms with E-state index in [1.165, 1.54) is 7.11 Å². The summed E-state index contributed by atoms with van der Waals surface area (Å²) in [6.45, 7) is 7.86. The van der Waals surface area contributed by atoms with Crippen LogP contribution in [0.5, 0.6) is 0 Å². The minimum atomic E-state index is -1.30. The van der Waals surface area contributed by atoms with Crippen molar-refractivity contribution in [3.8, 4) is 6.07 Å². The largest absolute Gasteiger partial charge is 0.467 e. The molecule has 1 saturated carbocycles. The molecule has 0 aromatic heterocycles. The summed E-state index contributed by atoms with van der Waals surface area (Å²) in [6.07, 6.45) is -1.19. The van der Waals surface area contributed by atoms with Crippen LogP contribution in [-0.4, -0.2) is 61.8 Å². The van der Waals surface area contributed by atoms with Gasteiger partial charge in [-0.25, -0.2) is 4.79 Å². The summed E-state index contributed by atoms with van der Waals surface area (Å²) < 4.78 is 29.1. The number of hydrogen-bond donors (Lipinski definition) is 1. The number of amides is 1. The van der Waals surface area contributed by atoms with Crippen LogP contribution in [0.2, 0.25) is 0 Å². The van der Waals surface area contributed by atoms with E-state index >= 15 is 0 Å². The topological polar surface area (TPSA) is 116 Å². The van der Waals surface area contributed by atoms with E-state index in [1.54, 1.807) is 32.0 Å². The molecule has 2 fully saturated rings. The molecule has 1 aromatic carbocycles. The van der Waals surface area contributed by atoms with Crippen LogP contribution in [0.15, 0.2) is 24.3 Å². The zero-order chi connectivity index (χ0) is 24.9. The van der Waals surface area contributed by atoms with Crippen LogP contribution >= 0.6 is 0 Å². The summed E-state index contributed by atoms with van der Waals surface area (Å²) in [7, 11) is 1.28. The van der Waals surface area contributed by atoms with Gasteiger partial charge in [-0.2, -0.15) is 5.26 Å². The Labute approximate surface area is 200 Å². The lowest BCUT2D eigenvalue weighted by Gasteiger charge is -2.43. The summed E-state index contributed by atoms with van der Waals surface area (Å²) in [5.41, 5.74) is -0.142. The highest BCUT2D eigenvalue weighted by atomic mass is 16.8. The molecule has 1 amide bonds. The number of carbonyl (C=O) groups is 2. The Morgan fingerprint density at radius 2 is 1.97 bits per heavy atom. The fourth-order valence-electron chi connectivity index (χ4n) is 4.37. The second-order valence-electron chi connectivity index (χ2n) is 9.63. The van der Waals surface area contributed by atoms with Gasteiger partial charge in [0.1, 0.15) is 12.7 Å². The van der Waals surface area contributed by atoms with E-state index in [-0.39, 0.29) is 37.9 Å². The van der Waals surface area contributed by atoms with E-state index in [9.17, 15) is 14.9 Å². The van der Waals surface area contributed by atoms with Gasteiger partial charge in [-0.3, -0.25) is 4.79 Å². The highest BCUT2D eigenvalue weighted by molar-refractivity contribution is 5.85. The Morgan fingerprint density at radius 3 is 2.65 bits per heavy atom. The third kappa shape index (κ3) is 6.13. The van der Waals surface area contributed by atoms with Gasteiger partial charge in [-0.15, -0.1) is 0 Å². The molecule has 1 aliphatic carbocycles. The Morgan fingerprint density at radius 1 is 1.24 bits per heavy atom. The van der Waals surface area contributed by atoms with E-state index in [0.29, 0.717) is 17.7 Å². The van der Waals surface area contributed by atoms with Gasteiger partial charge < -0.3 is 29.0 Å². The maximum absolute atomic E-state index is 13.5. The molecule has 1 N–H and O–H groups in total. The van der Waals surface area contributed by atoms with Crippen molar-refractivity contribution in [2.45, 2.75) is 76.8 Å². The van der Waals surface area contributed by atoms with Crippen molar-refractivity contribution in [3.05, 3.63) is 35.4 Å². The van der Waals surface area contributed by atoms with E-state index < -0.39 is 35.7 Å². The maximum atomic E-state index is 13.5. The van der Waals surface area contributed by atoms with Crippen LogP contribution < -0.4 is 5.32 Å². The minimum Gasteiger partial charge on any atom is -0.467 e. The van der Waals surface area contributed by atoms with Crippen LogP contribution in [0.25, 0.3) is 0 Å². The second kappa shape index (κ2) is 10.8. The van der Waals surface area contributed by atoms with Gasteiger partial charge in [0.2, 0.25) is 0 Å².